The fraction of sp³-hybridized carbons (Fsp3) is 0.222. The molecule has 5 heteroatoms. The molecule has 2 N–H and O–H groups in total. The zero-order valence-electron chi connectivity index (χ0n) is 13.6. The fourth-order valence-corrected chi connectivity index (χ4v) is 2.14. The molecular formula is C18H21N3O2. The van der Waals surface area contributed by atoms with Gasteiger partial charge < -0.3 is 15.5 Å². The summed E-state index contributed by atoms with van der Waals surface area (Å²) < 4.78 is 0. The Balaban J connectivity index is 1.92. The minimum Gasteiger partial charge on any atom is -0.378 e. The summed E-state index contributed by atoms with van der Waals surface area (Å²) in [4.78, 5) is 25.0. The predicted octanol–water partition coefficient (Wildman–Crippen LogP) is 2.89. The summed E-state index contributed by atoms with van der Waals surface area (Å²) in [6, 6.07) is 14.9. The highest BCUT2D eigenvalue weighted by molar-refractivity contribution is 5.92. The van der Waals surface area contributed by atoms with Crippen LogP contribution in [-0.2, 0) is 16.0 Å². The zero-order chi connectivity index (χ0) is 16.8. The summed E-state index contributed by atoms with van der Waals surface area (Å²) in [6.07, 6.45) is 0.287. The molecule has 2 amide bonds. The molecular weight excluding hydrogens is 290 g/mol. The molecule has 0 atom stereocenters. The van der Waals surface area contributed by atoms with Crippen molar-refractivity contribution in [3.05, 3.63) is 54.1 Å². The van der Waals surface area contributed by atoms with Gasteiger partial charge in [-0.15, -0.1) is 0 Å². The van der Waals surface area contributed by atoms with Gasteiger partial charge in [0.05, 0.1) is 6.42 Å². The molecule has 2 aromatic carbocycles. The average molecular weight is 311 g/mol. The molecule has 0 spiro atoms. The van der Waals surface area contributed by atoms with Crippen LogP contribution in [-0.4, -0.2) is 25.9 Å². The number of nitrogens with zero attached hydrogens (tertiary/aromatic N) is 1. The summed E-state index contributed by atoms with van der Waals surface area (Å²) in [5.74, 6) is -0.188. The van der Waals surface area contributed by atoms with Crippen LogP contribution in [0.3, 0.4) is 0 Å². The maximum atomic E-state index is 12.1. The number of carbonyl (C=O) groups excluding carboxylic acids is 2. The Morgan fingerprint density at radius 3 is 1.91 bits per heavy atom. The van der Waals surface area contributed by atoms with E-state index in [1.165, 1.54) is 6.92 Å². The van der Waals surface area contributed by atoms with Crippen molar-refractivity contribution in [3.63, 3.8) is 0 Å². The van der Waals surface area contributed by atoms with E-state index in [9.17, 15) is 9.59 Å². The van der Waals surface area contributed by atoms with Gasteiger partial charge in [-0.05, 0) is 42.0 Å². The highest BCUT2D eigenvalue weighted by Crippen LogP contribution is 2.16. The average Bonchev–Trinajstić information content (AvgIpc) is 2.49. The van der Waals surface area contributed by atoms with Gasteiger partial charge in [0.2, 0.25) is 11.8 Å². The third-order valence-corrected chi connectivity index (χ3v) is 3.31. The number of amides is 2. The highest BCUT2D eigenvalue weighted by atomic mass is 16.2. The van der Waals surface area contributed by atoms with Crippen molar-refractivity contribution in [2.45, 2.75) is 13.3 Å². The summed E-state index contributed by atoms with van der Waals surface area (Å²) in [5.41, 5.74) is 3.47. The van der Waals surface area contributed by atoms with E-state index in [-0.39, 0.29) is 18.2 Å². The van der Waals surface area contributed by atoms with Gasteiger partial charge in [-0.2, -0.15) is 0 Å². The lowest BCUT2D eigenvalue weighted by Gasteiger charge is -2.13. The van der Waals surface area contributed by atoms with Crippen LogP contribution in [0.15, 0.2) is 48.5 Å². The summed E-state index contributed by atoms with van der Waals surface area (Å²) in [7, 11) is 3.94. The number of anilines is 3. The van der Waals surface area contributed by atoms with Crippen molar-refractivity contribution < 1.29 is 9.59 Å². The van der Waals surface area contributed by atoms with E-state index in [1.807, 2.05) is 55.4 Å². The normalized spacial score (nSPS) is 10.0. The van der Waals surface area contributed by atoms with Crippen LogP contribution in [0.5, 0.6) is 0 Å². The quantitative estimate of drug-likeness (QED) is 0.892. The van der Waals surface area contributed by atoms with Crippen molar-refractivity contribution in [3.8, 4) is 0 Å². The number of hydrogen-bond acceptors (Lipinski definition) is 3. The second kappa shape index (κ2) is 7.45. The molecule has 5 nitrogen and oxygen atoms in total. The van der Waals surface area contributed by atoms with Gasteiger partial charge >= 0.3 is 0 Å². The van der Waals surface area contributed by atoms with Crippen molar-refractivity contribution in [2.24, 2.45) is 0 Å². The van der Waals surface area contributed by atoms with Crippen molar-refractivity contribution in [2.75, 3.05) is 29.6 Å². The van der Waals surface area contributed by atoms with Crippen LogP contribution in [0.25, 0.3) is 0 Å². The van der Waals surface area contributed by atoms with Gasteiger partial charge in [0.1, 0.15) is 0 Å². The molecule has 0 aliphatic carbocycles. The summed E-state index contributed by atoms with van der Waals surface area (Å²) in [5, 5.41) is 5.57. The Labute approximate surface area is 136 Å². The smallest absolute Gasteiger partial charge is 0.228 e. The molecule has 0 aliphatic rings. The Morgan fingerprint density at radius 2 is 1.39 bits per heavy atom. The number of nitrogens with one attached hydrogen (secondary N) is 2. The summed E-state index contributed by atoms with van der Waals surface area (Å²) in [6.45, 7) is 1.46. The lowest BCUT2D eigenvalue weighted by atomic mass is 10.1. The maximum Gasteiger partial charge on any atom is 0.228 e. The van der Waals surface area contributed by atoms with E-state index in [0.717, 1.165) is 22.6 Å². The van der Waals surface area contributed by atoms with E-state index in [2.05, 4.69) is 10.6 Å². The molecule has 0 aromatic heterocycles. The zero-order valence-corrected chi connectivity index (χ0v) is 13.6. The van der Waals surface area contributed by atoms with E-state index < -0.39 is 0 Å². The predicted molar refractivity (Wildman–Crippen MR) is 93.8 cm³/mol. The topological polar surface area (TPSA) is 61.4 Å². The number of hydrogen-bond donors (Lipinski definition) is 2. The van der Waals surface area contributed by atoms with E-state index >= 15 is 0 Å². The molecule has 0 radical (unpaired) electrons. The Hall–Kier alpha value is -2.82. The molecule has 0 bridgehead atoms. The number of benzene rings is 2. The molecule has 0 fully saturated rings. The molecule has 0 unspecified atom stereocenters. The first kappa shape index (κ1) is 16.5. The first-order valence-corrected chi connectivity index (χ1v) is 7.38. The van der Waals surface area contributed by atoms with Crippen LogP contribution in [0.2, 0.25) is 0 Å². The van der Waals surface area contributed by atoms with Gasteiger partial charge in [0.15, 0.2) is 0 Å². The van der Waals surface area contributed by atoms with Crippen LogP contribution >= 0.6 is 0 Å². The molecule has 0 saturated heterocycles. The van der Waals surface area contributed by atoms with Gasteiger partial charge in [-0.25, -0.2) is 0 Å². The molecule has 2 rings (SSSR count). The number of rotatable bonds is 5. The largest absolute Gasteiger partial charge is 0.378 e. The Morgan fingerprint density at radius 1 is 0.870 bits per heavy atom. The SMILES string of the molecule is CC(=O)Nc1ccc(CC(=O)Nc2ccc(N(C)C)cc2)cc1. The van der Waals surface area contributed by atoms with Crippen LogP contribution in [0.1, 0.15) is 12.5 Å². The third-order valence-electron chi connectivity index (χ3n) is 3.31. The van der Waals surface area contributed by atoms with Crippen LogP contribution in [0, 0.1) is 0 Å². The molecule has 23 heavy (non-hydrogen) atoms. The van der Waals surface area contributed by atoms with Crippen molar-refractivity contribution >= 4 is 28.9 Å². The molecule has 0 heterocycles. The second-order valence-electron chi connectivity index (χ2n) is 5.54. The standard InChI is InChI=1S/C18H21N3O2/c1-13(22)19-15-6-4-14(5-7-15)12-18(23)20-16-8-10-17(11-9-16)21(2)3/h4-11H,12H2,1-3H3,(H,19,22)(H,20,23). The van der Waals surface area contributed by atoms with E-state index in [0.29, 0.717) is 0 Å². The third kappa shape index (κ3) is 5.14. The van der Waals surface area contributed by atoms with Gasteiger partial charge in [0.25, 0.3) is 0 Å². The molecule has 0 saturated carbocycles. The highest BCUT2D eigenvalue weighted by Gasteiger charge is 2.05. The van der Waals surface area contributed by atoms with Crippen molar-refractivity contribution in [1.29, 1.82) is 0 Å². The van der Waals surface area contributed by atoms with E-state index in [4.69, 9.17) is 0 Å². The molecule has 120 valence electrons. The first-order chi connectivity index (χ1) is 10.9. The maximum absolute atomic E-state index is 12.1. The van der Waals surface area contributed by atoms with Crippen LogP contribution < -0.4 is 15.5 Å². The number of carbonyl (C=O) groups is 2. The lowest BCUT2D eigenvalue weighted by molar-refractivity contribution is -0.116. The molecule has 2 aromatic rings. The monoisotopic (exact) mass is 311 g/mol. The van der Waals surface area contributed by atoms with Crippen molar-refractivity contribution in [1.82, 2.24) is 0 Å². The summed E-state index contributed by atoms with van der Waals surface area (Å²) >= 11 is 0. The van der Waals surface area contributed by atoms with Gasteiger partial charge in [-0.1, -0.05) is 12.1 Å². The Kier molecular flexibility index (Phi) is 5.36. The minimum absolute atomic E-state index is 0.0742. The minimum atomic E-state index is -0.114. The van der Waals surface area contributed by atoms with Gasteiger partial charge in [0, 0.05) is 38.1 Å². The fourth-order valence-electron chi connectivity index (χ4n) is 2.14. The second-order valence-corrected chi connectivity index (χ2v) is 5.54. The van der Waals surface area contributed by atoms with Crippen LogP contribution in [0.4, 0.5) is 17.1 Å². The first-order valence-electron chi connectivity index (χ1n) is 7.38. The molecule has 0 aliphatic heterocycles. The Bertz CT molecular complexity index is 676. The lowest BCUT2D eigenvalue weighted by Crippen LogP contribution is -2.15. The van der Waals surface area contributed by atoms with Gasteiger partial charge in [-0.3, -0.25) is 9.59 Å². The van der Waals surface area contributed by atoms with E-state index in [1.54, 1.807) is 12.1 Å².